The molecule has 0 spiro atoms. The molecule has 1 aliphatic rings. The lowest BCUT2D eigenvalue weighted by atomic mass is 9.95. The van der Waals surface area contributed by atoms with Crippen molar-refractivity contribution in [3.8, 4) is 28.7 Å². The van der Waals surface area contributed by atoms with Crippen LogP contribution in [-0.4, -0.2) is 30.2 Å². The van der Waals surface area contributed by atoms with Gasteiger partial charge in [0.2, 0.25) is 5.75 Å². The summed E-state index contributed by atoms with van der Waals surface area (Å²) in [4.78, 5) is 12.4. The topological polar surface area (TPSA) is 85.2 Å². The first-order chi connectivity index (χ1) is 11.0. The van der Waals surface area contributed by atoms with Gasteiger partial charge in [0, 0.05) is 6.07 Å². The molecule has 0 aliphatic carbocycles. The molecule has 0 unspecified atom stereocenters. The second-order valence-electron chi connectivity index (χ2n) is 5.16. The van der Waals surface area contributed by atoms with Crippen molar-refractivity contribution in [2.24, 2.45) is 0 Å². The Labute approximate surface area is 132 Å². The average Bonchev–Trinajstić information content (AvgIpc) is 2.54. The Morgan fingerprint density at radius 1 is 1.13 bits per heavy atom. The Hall–Kier alpha value is -2.89. The quantitative estimate of drug-likeness (QED) is 0.905. The van der Waals surface area contributed by atoms with Gasteiger partial charge in [-0.3, -0.25) is 4.79 Å². The zero-order chi connectivity index (χ0) is 16.6. The number of carbonyl (C=O) groups is 1. The second-order valence-corrected chi connectivity index (χ2v) is 5.16. The van der Waals surface area contributed by atoms with E-state index in [1.165, 1.54) is 32.4 Å². The normalized spacial score (nSPS) is 16.4. The molecule has 2 N–H and O–H groups in total. The minimum Gasteiger partial charge on any atom is -0.508 e. The Bertz CT molecular complexity index is 751. The smallest absolute Gasteiger partial charge is 0.204 e. The van der Waals surface area contributed by atoms with Gasteiger partial charge >= 0.3 is 0 Å². The molecule has 0 bridgehead atoms. The van der Waals surface area contributed by atoms with Gasteiger partial charge in [0.1, 0.15) is 23.2 Å². The number of ether oxygens (including phenoxy) is 3. The highest BCUT2D eigenvalue weighted by molar-refractivity contribution is 6.03. The predicted octanol–water partition coefficient (Wildman–Crippen LogP) is 2.82. The molecule has 23 heavy (non-hydrogen) atoms. The molecule has 3 rings (SSSR count). The lowest BCUT2D eigenvalue weighted by molar-refractivity contribution is 0.0843. The molecular formula is C17H16O6. The summed E-state index contributed by atoms with van der Waals surface area (Å²) >= 11 is 0. The second kappa shape index (κ2) is 5.72. The summed E-state index contributed by atoms with van der Waals surface area (Å²) < 4.78 is 16.1. The first-order valence-electron chi connectivity index (χ1n) is 7.02. The van der Waals surface area contributed by atoms with E-state index >= 15 is 0 Å². The number of fused-ring (bicyclic) bond motifs is 1. The van der Waals surface area contributed by atoms with Crippen LogP contribution in [0.5, 0.6) is 28.7 Å². The van der Waals surface area contributed by atoms with Crippen molar-refractivity contribution in [3.63, 3.8) is 0 Å². The monoisotopic (exact) mass is 316 g/mol. The maximum Gasteiger partial charge on any atom is 0.204 e. The molecule has 0 saturated heterocycles. The number of hydrogen-bond acceptors (Lipinski definition) is 6. The molecule has 0 radical (unpaired) electrons. The fourth-order valence-corrected chi connectivity index (χ4v) is 2.66. The first kappa shape index (κ1) is 15.0. The number of ketones is 1. The number of rotatable bonds is 3. The molecule has 2 aromatic carbocycles. The predicted molar refractivity (Wildman–Crippen MR) is 81.6 cm³/mol. The molecular weight excluding hydrogens is 300 g/mol. The summed E-state index contributed by atoms with van der Waals surface area (Å²) in [5.41, 5.74) is 0.855. The highest BCUT2D eigenvalue weighted by Gasteiger charge is 2.33. The van der Waals surface area contributed by atoms with E-state index in [4.69, 9.17) is 14.2 Å². The van der Waals surface area contributed by atoms with Crippen molar-refractivity contribution in [2.75, 3.05) is 14.2 Å². The van der Waals surface area contributed by atoms with Crippen LogP contribution in [0.2, 0.25) is 0 Å². The summed E-state index contributed by atoms with van der Waals surface area (Å²) in [6.45, 7) is 0. The van der Waals surface area contributed by atoms with Gasteiger partial charge in [0.25, 0.3) is 0 Å². The van der Waals surface area contributed by atoms with E-state index in [1.54, 1.807) is 12.1 Å². The van der Waals surface area contributed by atoms with Crippen LogP contribution in [0.3, 0.4) is 0 Å². The number of aromatic hydroxyl groups is 2. The zero-order valence-corrected chi connectivity index (χ0v) is 12.7. The van der Waals surface area contributed by atoms with E-state index in [0.717, 1.165) is 5.56 Å². The Morgan fingerprint density at radius 2 is 1.83 bits per heavy atom. The fraction of sp³-hybridized carbons (Fsp3) is 0.235. The summed E-state index contributed by atoms with van der Waals surface area (Å²) in [6.07, 6.45) is -0.408. The maximum atomic E-state index is 12.4. The number of methoxy groups -OCH3 is 2. The number of hydrogen-bond donors (Lipinski definition) is 2. The van der Waals surface area contributed by atoms with E-state index < -0.39 is 6.10 Å². The molecule has 1 atom stereocenters. The summed E-state index contributed by atoms with van der Waals surface area (Å²) in [6, 6.07) is 7.98. The zero-order valence-electron chi connectivity index (χ0n) is 12.7. The third kappa shape index (κ3) is 2.52. The number of phenolic OH excluding ortho intramolecular Hbond substituents is 2. The molecule has 1 heterocycles. The van der Waals surface area contributed by atoms with Gasteiger partial charge in [-0.15, -0.1) is 0 Å². The van der Waals surface area contributed by atoms with Crippen LogP contribution in [0, 0.1) is 0 Å². The molecule has 0 aromatic heterocycles. The molecule has 6 heteroatoms. The van der Waals surface area contributed by atoms with Crippen LogP contribution in [0.25, 0.3) is 0 Å². The molecule has 120 valence electrons. The number of phenols is 2. The standard InChI is InChI=1S/C17H16O6/c1-21-14-8-13-15(16(20)17(14)22-2)11(19)7-12(23-13)9-3-5-10(18)6-4-9/h3-6,8,12,18,20H,7H2,1-2H3/t12-/m0/s1. The maximum absolute atomic E-state index is 12.4. The van der Waals surface area contributed by atoms with Crippen molar-refractivity contribution < 1.29 is 29.2 Å². The highest BCUT2D eigenvalue weighted by atomic mass is 16.5. The fourth-order valence-electron chi connectivity index (χ4n) is 2.66. The Kier molecular flexibility index (Phi) is 3.73. The van der Waals surface area contributed by atoms with Crippen molar-refractivity contribution in [1.29, 1.82) is 0 Å². The third-order valence-corrected chi connectivity index (χ3v) is 3.79. The van der Waals surface area contributed by atoms with E-state index in [-0.39, 0.29) is 46.5 Å². The Balaban J connectivity index is 2.04. The first-order valence-corrected chi connectivity index (χ1v) is 7.02. The molecule has 0 fully saturated rings. The average molecular weight is 316 g/mol. The lowest BCUT2D eigenvalue weighted by Gasteiger charge is -2.27. The van der Waals surface area contributed by atoms with Gasteiger partial charge in [-0.25, -0.2) is 0 Å². The largest absolute Gasteiger partial charge is 0.508 e. The molecule has 6 nitrogen and oxygen atoms in total. The summed E-state index contributed by atoms with van der Waals surface area (Å²) in [7, 11) is 2.82. The van der Waals surface area contributed by atoms with Gasteiger partial charge in [-0.05, 0) is 17.7 Å². The van der Waals surface area contributed by atoms with Gasteiger partial charge in [-0.1, -0.05) is 12.1 Å². The van der Waals surface area contributed by atoms with E-state index in [1.807, 2.05) is 0 Å². The van der Waals surface area contributed by atoms with Crippen molar-refractivity contribution >= 4 is 5.78 Å². The lowest BCUT2D eigenvalue weighted by Crippen LogP contribution is -2.20. The number of benzene rings is 2. The summed E-state index contributed by atoms with van der Waals surface area (Å²) in [5.74, 6) is 0.239. The van der Waals surface area contributed by atoms with Crippen LogP contribution in [0.4, 0.5) is 0 Å². The van der Waals surface area contributed by atoms with Crippen molar-refractivity contribution in [3.05, 3.63) is 41.5 Å². The number of Topliss-reactive ketones (excluding diaryl/α,β-unsaturated/α-hetero) is 1. The van der Waals surface area contributed by atoms with Gasteiger partial charge in [0.15, 0.2) is 17.3 Å². The highest BCUT2D eigenvalue weighted by Crippen LogP contribution is 2.48. The molecule has 1 aliphatic heterocycles. The molecule has 0 amide bonds. The molecule has 0 saturated carbocycles. The minimum absolute atomic E-state index is 0.0841. The van der Waals surface area contributed by atoms with Crippen molar-refractivity contribution in [1.82, 2.24) is 0 Å². The van der Waals surface area contributed by atoms with Gasteiger partial charge in [-0.2, -0.15) is 0 Å². The van der Waals surface area contributed by atoms with Crippen LogP contribution >= 0.6 is 0 Å². The van der Waals surface area contributed by atoms with Crippen LogP contribution in [0.1, 0.15) is 28.4 Å². The van der Waals surface area contributed by atoms with Crippen LogP contribution < -0.4 is 14.2 Å². The van der Waals surface area contributed by atoms with E-state index in [9.17, 15) is 15.0 Å². The Morgan fingerprint density at radius 3 is 2.43 bits per heavy atom. The van der Waals surface area contributed by atoms with Crippen LogP contribution in [0.15, 0.2) is 30.3 Å². The van der Waals surface area contributed by atoms with Gasteiger partial charge < -0.3 is 24.4 Å². The minimum atomic E-state index is -0.492. The number of carbonyl (C=O) groups excluding carboxylic acids is 1. The van der Waals surface area contributed by atoms with Crippen molar-refractivity contribution in [2.45, 2.75) is 12.5 Å². The third-order valence-electron chi connectivity index (χ3n) is 3.79. The summed E-state index contributed by atoms with van der Waals surface area (Å²) in [5, 5.41) is 19.6. The van der Waals surface area contributed by atoms with E-state index in [0.29, 0.717) is 0 Å². The van der Waals surface area contributed by atoms with E-state index in [2.05, 4.69) is 0 Å². The molecule has 2 aromatic rings. The SMILES string of the molecule is COc1cc2c(c(O)c1OC)C(=O)C[C@@H](c1ccc(O)cc1)O2. The van der Waals surface area contributed by atoms with Crippen LogP contribution in [-0.2, 0) is 0 Å². The van der Waals surface area contributed by atoms with Gasteiger partial charge in [0.05, 0.1) is 20.6 Å².